The Labute approximate surface area is 128 Å². The van der Waals surface area contributed by atoms with Crippen LogP contribution in [0.15, 0.2) is 12.4 Å². The molecule has 0 spiro atoms. The number of nitro groups is 1. The number of hydrogen-bond acceptors (Lipinski definition) is 5. The number of rotatable bonds is 4. The average Bonchev–Trinajstić information content (AvgIpc) is 2.87. The van der Waals surface area contributed by atoms with Crippen LogP contribution in [0.1, 0.15) is 26.2 Å². The molecule has 2 atom stereocenters. The number of amides is 1. The SMILES string of the molecule is CC(N)C1CCCCN1C(=O)Cn1cc([N+](=O)[O-])cn1.Cl. The van der Waals surface area contributed by atoms with E-state index in [2.05, 4.69) is 5.10 Å². The molecule has 2 N–H and O–H groups in total. The molecule has 0 bridgehead atoms. The maximum atomic E-state index is 12.3. The van der Waals surface area contributed by atoms with E-state index >= 15 is 0 Å². The van der Waals surface area contributed by atoms with Crippen LogP contribution in [0.2, 0.25) is 0 Å². The zero-order valence-electron chi connectivity index (χ0n) is 11.8. The largest absolute Gasteiger partial charge is 0.337 e. The van der Waals surface area contributed by atoms with Crippen LogP contribution in [-0.2, 0) is 11.3 Å². The summed E-state index contributed by atoms with van der Waals surface area (Å²) in [6.07, 6.45) is 5.36. The number of aromatic nitrogens is 2. The molecule has 2 heterocycles. The Morgan fingerprint density at radius 1 is 1.62 bits per heavy atom. The van der Waals surface area contributed by atoms with Crippen LogP contribution in [0, 0.1) is 10.1 Å². The highest BCUT2D eigenvalue weighted by Gasteiger charge is 2.29. The summed E-state index contributed by atoms with van der Waals surface area (Å²) in [5.74, 6) is -0.0926. The third-order valence-corrected chi connectivity index (χ3v) is 3.60. The van der Waals surface area contributed by atoms with Crippen LogP contribution in [0.4, 0.5) is 5.69 Å². The van der Waals surface area contributed by atoms with Gasteiger partial charge in [-0.2, -0.15) is 5.10 Å². The predicted octanol–water partition coefficient (Wildman–Crippen LogP) is 0.941. The Bertz CT molecular complexity index is 505. The van der Waals surface area contributed by atoms with Crippen molar-refractivity contribution < 1.29 is 9.72 Å². The highest BCUT2D eigenvalue weighted by Crippen LogP contribution is 2.19. The first kappa shape index (κ1) is 17.4. The second kappa shape index (κ2) is 7.37. The van der Waals surface area contributed by atoms with Gasteiger partial charge < -0.3 is 10.6 Å². The summed E-state index contributed by atoms with van der Waals surface area (Å²) < 4.78 is 1.30. The number of hydrogen-bond donors (Lipinski definition) is 1. The van der Waals surface area contributed by atoms with Crippen molar-refractivity contribution in [1.29, 1.82) is 0 Å². The Kier molecular flexibility index (Phi) is 6.10. The summed E-state index contributed by atoms with van der Waals surface area (Å²) in [6, 6.07) is -0.0343. The maximum Gasteiger partial charge on any atom is 0.307 e. The van der Waals surface area contributed by atoms with Crippen LogP contribution in [0.5, 0.6) is 0 Å². The lowest BCUT2D eigenvalue weighted by Gasteiger charge is -2.38. The molecule has 8 nitrogen and oxygen atoms in total. The zero-order chi connectivity index (χ0) is 14.7. The molecule has 0 aliphatic carbocycles. The van der Waals surface area contributed by atoms with Gasteiger partial charge in [0, 0.05) is 18.6 Å². The molecule has 2 unspecified atom stereocenters. The highest BCUT2D eigenvalue weighted by molar-refractivity contribution is 5.85. The first-order valence-electron chi connectivity index (χ1n) is 6.71. The lowest BCUT2D eigenvalue weighted by atomic mass is 9.97. The first-order chi connectivity index (χ1) is 9.49. The van der Waals surface area contributed by atoms with Gasteiger partial charge >= 0.3 is 5.69 Å². The van der Waals surface area contributed by atoms with E-state index in [1.807, 2.05) is 6.92 Å². The van der Waals surface area contributed by atoms with Crippen molar-refractivity contribution in [3.63, 3.8) is 0 Å². The van der Waals surface area contributed by atoms with Crippen molar-refractivity contribution in [2.24, 2.45) is 5.73 Å². The summed E-state index contributed by atoms with van der Waals surface area (Å²) in [5.41, 5.74) is 5.82. The second-order valence-electron chi connectivity index (χ2n) is 5.16. The molecule has 1 aliphatic heterocycles. The predicted molar refractivity (Wildman–Crippen MR) is 79.1 cm³/mol. The molecule has 118 valence electrons. The van der Waals surface area contributed by atoms with E-state index in [4.69, 9.17) is 5.73 Å². The van der Waals surface area contributed by atoms with E-state index < -0.39 is 4.92 Å². The van der Waals surface area contributed by atoms with Gasteiger partial charge in [0.05, 0.1) is 4.92 Å². The van der Waals surface area contributed by atoms with Crippen molar-refractivity contribution in [1.82, 2.24) is 14.7 Å². The molecule has 1 aliphatic rings. The second-order valence-corrected chi connectivity index (χ2v) is 5.16. The van der Waals surface area contributed by atoms with Crippen molar-refractivity contribution in [3.8, 4) is 0 Å². The highest BCUT2D eigenvalue weighted by atomic mass is 35.5. The van der Waals surface area contributed by atoms with Gasteiger partial charge in [-0.15, -0.1) is 12.4 Å². The Hall–Kier alpha value is -1.67. The summed E-state index contributed by atoms with van der Waals surface area (Å²) in [5, 5.41) is 14.4. The van der Waals surface area contributed by atoms with E-state index in [1.165, 1.54) is 10.9 Å². The summed E-state index contributed by atoms with van der Waals surface area (Å²) in [7, 11) is 0. The van der Waals surface area contributed by atoms with Crippen LogP contribution in [0.3, 0.4) is 0 Å². The standard InChI is InChI=1S/C12H19N5O3.ClH/c1-9(13)11-4-2-3-5-16(11)12(18)8-15-7-10(6-14-15)17(19)20;/h6-7,9,11H,2-5,8,13H2,1H3;1H. The topological polar surface area (TPSA) is 107 Å². The van der Waals surface area contributed by atoms with Gasteiger partial charge in [0.15, 0.2) is 0 Å². The van der Waals surface area contributed by atoms with Gasteiger partial charge in [-0.25, -0.2) is 0 Å². The molecule has 1 aromatic rings. The van der Waals surface area contributed by atoms with E-state index in [-0.39, 0.29) is 42.6 Å². The fourth-order valence-electron chi connectivity index (χ4n) is 2.58. The molecule has 1 aromatic heterocycles. The van der Waals surface area contributed by atoms with Crippen molar-refractivity contribution in [2.75, 3.05) is 6.54 Å². The molecule has 0 aromatic carbocycles. The molecular weight excluding hydrogens is 298 g/mol. The van der Waals surface area contributed by atoms with Gasteiger partial charge in [-0.05, 0) is 26.2 Å². The zero-order valence-corrected chi connectivity index (χ0v) is 12.7. The molecule has 1 fully saturated rings. The molecule has 1 amide bonds. The minimum Gasteiger partial charge on any atom is -0.337 e. The number of piperidine rings is 1. The van der Waals surface area contributed by atoms with Crippen LogP contribution >= 0.6 is 12.4 Å². The van der Waals surface area contributed by atoms with Gasteiger partial charge in [-0.3, -0.25) is 19.6 Å². The minimum absolute atomic E-state index is 0. The molecule has 9 heteroatoms. The fourth-order valence-corrected chi connectivity index (χ4v) is 2.58. The van der Waals surface area contributed by atoms with Crippen LogP contribution in [0.25, 0.3) is 0 Å². The smallest absolute Gasteiger partial charge is 0.307 e. The summed E-state index contributed by atoms with van der Waals surface area (Å²) >= 11 is 0. The van der Waals surface area contributed by atoms with Gasteiger partial charge in [-0.1, -0.05) is 0 Å². The summed E-state index contributed by atoms with van der Waals surface area (Å²) in [6.45, 7) is 2.60. The molecule has 0 saturated carbocycles. The average molecular weight is 318 g/mol. The van der Waals surface area contributed by atoms with Crippen molar-refractivity contribution >= 4 is 24.0 Å². The normalized spacial score (nSPS) is 19.7. The minimum atomic E-state index is -0.528. The Morgan fingerprint density at radius 3 is 2.90 bits per heavy atom. The summed E-state index contributed by atoms with van der Waals surface area (Å²) in [4.78, 5) is 24.1. The maximum absolute atomic E-state index is 12.3. The molecular formula is C12H20ClN5O3. The van der Waals surface area contributed by atoms with Crippen molar-refractivity contribution in [2.45, 2.75) is 44.8 Å². The lowest BCUT2D eigenvalue weighted by Crippen LogP contribution is -2.52. The van der Waals surface area contributed by atoms with Gasteiger partial charge in [0.25, 0.3) is 0 Å². The number of halogens is 1. The first-order valence-corrected chi connectivity index (χ1v) is 6.71. The van der Waals surface area contributed by atoms with Crippen LogP contribution in [-0.4, -0.2) is 44.1 Å². The van der Waals surface area contributed by atoms with E-state index in [1.54, 1.807) is 4.90 Å². The number of carbonyl (C=O) groups excluding carboxylic acids is 1. The fraction of sp³-hybridized carbons (Fsp3) is 0.667. The third kappa shape index (κ3) is 4.15. The number of nitrogens with zero attached hydrogens (tertiary/aromatic N) is 4. The van der Waals surface area contributed by atoms with Gasteiger partial charge in [0.1, 0.15) is 18.9 Å². The molecule has 21 heavy (non-hydrogen) atoms. The molecule has 2 rings (SSSR count). The van der Waals surface area contributed by atoms with Crippen LogP contribution < -0.4 is 5.73 Å². The van der Waals surface area contributed by atoms with E-state index in [0.717, 1.165) is 25.5 Å². The van der Waals surface area contributed by atoms with Crippen molar-refractivity contribution in [3.05, 3.63) is 22.5 Å². The van der Waals surface area contributed by atoms with E-state index in [9.17, 15) is 14.9 Å². The van der Waals surface area contributed by atoms with Gasteiger partial charge in [0.2, 0.25) is 5.91 Å². The molecule has 1 saturated heterocycles. The third-order valence-electron chi connectivity index (χ3n) is 3.60. The Balaban J connectivity index is 0.00000220. The quantitative estimate of drug-likeness (QED) is 0.657. The molecule has 0 radical (unpaired) electrons. The number of likely N-dealkylation sites (tertiary alicyclic amines) is 1. The van der Waals surface area contributed by atoms with E-state index in [0.29, 0.717) is 6.54 Å². The lowest BCUT2D eigenvalue weighted by molar-refractivity contribution is -0.385. The monoisotopic (exact) mass is 317 g/mol. The Morgan fingerprint density at radius 2 is 2.33 bits per heavy atom. The number of nitrogens with two attached hydrogens (primary N) is 1. The number of carbonyl (C=O) groups is 1.